The van der Waals surface area contributed by atoms with Gasteiger partial charge in [-0.05, 0) is 55.7 Å². The summed E-state index contributed by atoms with van der Waals surface area (Å²) in [7, 11) is -1.95. The number of sulfonamides is 1. The maximum absolute atomic E-state index is 13.6. The van der Waals surface area contributed by atoms with E-state index in [1.807, 2.05) is 0 Å². The molecular formula is C24H33FN4O2S. The van der Waals surface area contributed by atoms with Crippen molar-refractivity contribution < 1.29 is 12.8 Å². The van der Waals surface area contributed by atoms with E-state index < -0.39 is 10.0 Å². The summed E-state index contributed by atoms with van der Waals surface area (Å²) in [5, 5.41) is 3.87. The Morgan fingerprint density at radius 1 is 1.19 bits per heavy atom. The van der Waals surface area contributed by atoms with Crippen LogP contribution in [0.15, 0.2) is 54.0 Å². The van der Waals surface area contributed by atoms with Gasteiger partial charge in [0.15, 0.2) is 5.03 Å². The molecule has 1 aliphatic carbocycles. The zero-order valence-electron chi connectivity index (χ0n) is 19.0. The smallest absolute Gasteiger partial charge is 0.262 e. The lowest BCUT2D eigenvalue weighted by Gasteiger charge is -2.38. The minimum absolute atomic E-state index is 0.0599. The van der Waals surface area contributed by atoms with E-state index in [2.05, 4.69) is 30.7 Å². The minimum Gasteiger partial charge on any atom is -0.339 e. The SMILES string of the molecule is C=C(C)C1CCC(C)C(N[C@H]2CN(S(=O)(=O)c3cn(C)cn3)C[C@@H]2c2ccc(F)cc2)C1. The molecule has 0 radical (unpaired) electrons. The number of benzene rings is 1. The fourth-order valence-electron chi connectivity index (χ4n) is 5.11. The van der Waals surface area contributed by atoms with E-state index in [0.717, 1.165) is 24.8 Å². The summed E-state index contributed by atoms with van der Waals surface area (Å²) >= 11 is 0. The molecule has 2 heterocycles. The number of nitrogens with one attached hydrogen (secondary N) is 1. The molecule has 1 aromatic carbocycles. The number of aromatic nitrogens is 2. The molecule has 174 valence electrons. The highest BCUT2D eigenvalue weighted by Crippen LogP contribution is 2.36. The van der Waals surface area contributed by atoms with Crippen LogP contribution >= 0.6 is 0 Å². The predicted molar refractivity (Wildman–Crippen MR) is 123 cm³/mol. The van der Waals surface area contributed by atoms with Crippen LogP contribution in [0.1, 0.15) is 44.6 Å². The molecular weight excluding hydrogens is 427 g/mol. The second-order valence-electron chi connectivity index (χ2n) is 9.57. The molecule has 0 amide bonds. The van der Waals surface area contributed by atoms with Crippen LogP contribution in [0, 0.1) is 17.7 Å². The van der Waals surface area contributed by atoms with Gasteiger partial charge in [-0.15, -0.1) is 0 Å². The Kier molecular flexibility index (Phi) is 6.56. The molecule has 2 fully saturated rings. The van der Waals surface area contributed by atoms with Crippen molar-refractivity contribution in [1.82, 2.24) is 19.2 Å². The van der Waals surface area contributed by atoms with Gasteiger partial charge in [-0.3, -0.25) is 0 Å². The Morgan fingerprint density at radius 3 is 2.53 bits per heavy atom. The van der Waals surface area contributed by atoms with Crippen LogP contribution in [0.5, 0.6) is 0 Å². The topological polar surface area (TPSA) is 67.2 Å². The number of aryl methyl sites for hydroxylation is 1. The van der Waals surface area contributed by atoms with Gasteiger partial charge in [-0.25, -0.2) is 17.8 Å². The number of imidazole rings is 1. The molecule has 2 aliphatic rings. The summed E-state index contributed by atoms with van der Waals surface area (Å²) in [6.07, 6.45) is 6.32. The summed E-state index contributed by atoms with van der Waals surface area (Å²) in [5.41, 5.74) is 2.16. The van der Waals surface area contributed by atoms with Crippen molar-refractivity contribution in [3.05, 3.63) is 60.3 Å². The van der Waals surface area contributed by atoms with Crippen molar-refractivity contribution in [2.45, 2.75) is 56.1 Å². The number of hydrogen-bond acceptors (Lipinski definition) is 4. The third-order valence-corrected chi connectivity index (χ3v) is 8.91. The van der Waals surface area contributed by atoms with Gasteiger partial charge >= 0.3 is 0 Å². The second kappa shape index (κ2) is 9.08. The van der Waals surface area contributed by atoms with E-state index in [0.29, 0.717) is 24.9 Å². The van der Waals surface area contributed by atoms with Crippen LogP contribution in [-0.2, 0) is 17.1 Å². The van der Waals surface area contributed by atoms with E-state index in [1.54, 1.807) is 23.7 Å². The maximum Gasteiger partial charge on any atom is 0.262 e. The van der Waals surface area contributed by atoms with Crippen LogP contribution < -0.4 is 5.32 Å². The summed E-state index contributed by atoms with van der Waals surface area (Å²) in [4.78, 5) is 4.08. The van der Waals surface area contributed by atoms with E-state index in [4.69, 9.17) is 0 Å². The van der Waals surface area contributed by atoms with Crippen LogP contribution in [0.4, 0.5) is 4.39 Å². The lowest BCUT2D eigenvalue weighted by atomic mass is 9.76. The molecule has 0 spiro atoms. The molecule has 3 unspecified atom stereocenters. The van der Waals surface area contributed by atoms with Crippen molar-refractivity contribution in [2.24, 2.45) is 18.9 Å². The highest BCUT2D eigenvalue weighted by Gasteiger charge is 2.42. The Hall–Kier alpha value is -2.03. The van der Waals surface area contributed by atoms with Crippen LogP contribution in [0.2, 0.25) is 0 Å². The average molecular weight is 461 g/mol. The molecule has 8 heteroatoms. The highest BCUT2D eigenvalue weighted by molar-refractivity contribution is 7.89. The summed E-state index contributed by atoms with van der Waals surface area (Å²) in [6.45, 7) is 9.22. The number of rotatable bonds is 6. The highest BCUT2D eigenvalue weighted by atomic mass is 32.2. The van der Waals surface area contributed by atoms with E-state index >= 15 is 0 Å². The number of nitrogens with zero attached hydrogens (tertiary/aromatic N) is 3. The molecule has 32 heavy (non-hydrogen) atoms. The number of halogens is 1. The van der Waals surface area contributed by atoms with Crippen molar-refractivity contribution in [3.63, 3.8) is 0 Å². The summed E-state index contributed by atoms with van der Waals surface area (Å²) in [6, 6.07) is 6.66. The predicted octanol–water partition coefficient (Wildman–Crippen LogP) is 3.69. The van der Waals surface area contributed by atoms with Crippen molar-refractivity contribution >= 4 is 10.0 Å². The quantitative estimate of drug-likeness (QED) is 0.668. The molecule has 1 saturated carbocycles. The van der Waals surface area contributed by atoms with Crippen LogP contribution in [0.25, 0.3) is 0 Å². The Balaban J connectivity index is 1.60. The molecule has 2 aromatic rings. The zero-order valence-corrected chi connectivity index (χ0v) is 19.9. The van der Waals surface area contributed by atoms with Crippen LogP contribution in [0.3, 0.4) is 0 Å². The maximum atomic E-state index is 13.6. The first-order chi connectivity index (χ1) is 15.1. The molecule has 5 atom stereocenters. The fourth-order valence-corrected chi connectivity index (χ4v) is 6.57. The van der Waals surface area contributed by atoms with Gasteiger partial charge in [0.25, 0.3) is 10.0 Å². The Labute approximate surface area is 190 Å². The lowest BCUT2D eigenvalue weighted by molar-refractivity contribution is 0.219. The first-order valence-electron chi connectivity index (χ1n) is 11.3. The van der Waals surface area contributed by atoms with Gasteiger partial charge in [0, 0.05) is 44.3 Å². The normalized spacial score (nSPS) is 29.3. The van der Waals surface area contributed by atoms with Gasteiger partial charge in [0.05, 0.1) is 6.33 Å². The van der Waals surface area contributed by atoms with E-state index in [9.17, 15) is 12.8 Å². The van der Waals surface area contributed by atoms with Crippen molar-refractivity contribution in [3.8, 4) is 0 Å². The number of allylic oxidation sites excluding steroid dienone is 1. The molecule has 1 saturated heterocycles. The van der Waals surface area contributed by atoms with E-state index in [-0.39, 0.29) is 28.8 Å². The molecule has 4 rings (SSSR count). The first kappa shape index (κ1) is 23.1. The third-order valence-electron chi connectivity index (χ3n) is 7.19. The van der Waals surface area contributed by atoms with Gasteiger partial charge in [0.1, 0.15) is 5.82 Å². The summed E-state index contributed by atoms with van der Waals surface area (Å²) in [5.74, 6) is 0.634. The first-order valence-corrected chi connectivity index (χ1v) is 12.7. The standard InChI is InChI=1S/C24H33FN4O2S/c1-16(2)19-6-5-17(3)22(11-19)27-23-13-29(32(30,31)24-14-28(4)15-26-24)12-21(23)18-7-9-20(25)10-8-18/h7-10,14-15,17,19,21-23,27H,1,5-6,11-13H2,2-4H3/t17?,19?,21-,22?,23+/m1/s1. The van der Waals surface area contributed by atoms with Crippen molar-refractivity contribution in [2.75, 3.05) is 13.1 Å². The van der Waals surface area contributed by atoms with Crippen molar-refractivity contribution in [1.29, 1.82) is 0 Å². The average Bonchev–Trinajstić information content (AvgIpc) is 3.37. The van der Waals surface area contributed by atoms with E-state index in [1.165, 1.54) is 34.5 Å². The Bertz CT molecular complexity index is 1070. The number of hydrogen-bond donors (Lipinski definition) is 1. The van der Waals surface area contributed by atoms with Gasteiger partial charge in [0.2, 0.25) is 0 Å². The monoisotopic (exact) mass is 460 g/mol. The third kappa shape index (κ3) is 4.67. The molecule has 1 N–H and O–H groups in total. The Morgan fingerprint density at radius 2 is 1.91 bits per heavy atom. The zero-order chi connectivity index (χ0) is 23.0. The molecule has 6 nitrogen and oxygen atoms in total. The minimum atomic E-state index is -3.71. The van der Waals surface area contributed by atoms with Gasteiger partial charge in [-0.1, -0.05) is 31.2 Å². The van der Waals surface area contributed by atoms with Gasteiger partial charge in [-0.2, -0.15) is 4.31 Å². The summed E-state index contributed by atoms with van der Waals surface area (Å²) < 4.78 is 43.3. The molecule has 1 aromatic heterocycles. The largest absolute Gasteiger partial charge is 0.339 e. The van der Waals surface area contributed by atoms with Gasteiger partial charge < -0.3 is 9.88 Å². The molecule has 0 bridgehead atoms. The lowest BCUT2D eigenvalue weighted by Crippen LogP contribution is -2.48. The van der Waals surface area contributed by atoms with Crippen LogP contribution in [-0.4, -0.2) is 47.4 Å². The second-order valence-corrected chi connectivity index (χ2v) is 11.5. The fraction of sp³-hybridized carbons (Fsp3) is 0.542. The molecule has 1 aliphatic heterocycles.